The van der Waals surface area contributed by atoms with Gasteiger partial charge in [-0.25, -0.2) is 0 Å². The number of rotatable bonds is 3. The summed E-state index contributed by atoms with van der Waals surface area (Å²) in [6.07, 6.45) is 0.473. The fourth-order valence-electron chi connectivity index (χ4n) is 3.85. The van der Waals surface area contributed by atoms with E-state index in [2.05, 4.69) is 5.32 Å². The second-order valence-corrected chi connectivity index (χ2v) is 7.42. The van der Waals surface area contributed by atoms with Crippen molar-refractivity contribution in [2.24, 2.45) is 0 Å². The first kappa shape index (κ1) is 18.2. The number of amides is 3. The van der Waals surface area contributed by atoms with Crippen molar-refractivity contribution in [1.29, 1.82) is 0 Å². The van der Waals surface area contributed by atoms with Gasteiger partial charge in [0, 0.05) is 25.1 Å². The number of carbonyl (C=O) groups is 3. The van der Waals surface area contributed by atoms with E-state index in [0.717, 1.165) is 11.1 Å². The third-order valence-electron chi connectivity index (χ3n) is 5.45. The van der Waals surface area contributed by atoms with Crippen molar-refractivity contribution < 1.29 is 14.4 Å². The second kappa shape index (κ2) is 7.46. The van der Waals surface area contributed by atoms with Crippen molar-refractivity contribution in [3.05, 3.63) is 71.3 Å². The summed E-state index contributed by atoms with van der Waals surface area (Å²) in [6.45, 7) is 3.00. The van der Waals surface area contributed by atoms with Gasteiger partial charge in [0.1, 0.15) is 12.1 Å². The van der Waals surface area contributed by atoms with E-state index in [1.165, 1.54) is 0 Å². The second-order valence-electron chi connectivity index (χ2n) is 7.42. The quantitative estimate of drug-likeness (QED) is 0.879. The Morgan fingerprint density at radius 2 is 1.75 bits per heavy atom. The summed E-state index contributed by atoms with van der Waals surface area (Å²) < 4.78 is 0. The molecule has 4 rings (SSSR count). The highest BCUT2D eigenvalue weighted by Gasteiger charge is 2.44. The molecular formula is C22H23N3O3. The van der Waals surface area contributed by atoms with Gasteiger partial charge < -0.3 is 15.1 Å². The molecule has 0 aliphatic carbocycles. The first-order valence-electron chi connectivity index (χ1n) is 9.53. The van der Waals surface area contributed by atoms with E-state index in [0.29, 0.717) is 25.1 Å². The van der Waals surface area contributed by atoms with Crippen LogP contribution in [0.3, 0.4) is 0 Å². The Morgan fingerprint density at radius 3 is 2.46 bits per heavy atom. The molecule has 0 bridgehead atoms. The Labute approximate surface area is 164 Å². The first-order chi connectivity index (χ1) is 13.5. The molecule has 0 spiro atoms. The fourth-order valence-corrected chi connectivity index (χ4v) is 3.85. The zero-order valence-corrected chi connectivity index (χ0v) is 15.8. The molecule has 3 amide bonds. The van der Waals surface area contributed by atoms with E-state index in [1.54, 1.807) is 21.9 Å². The summed E-state index contributed by atoms with van der Waals surface area (Å²) in [5.74, 6) is -0.371. The molecular weight excluding hydrogens is 354 g/mol. The summed E-state index contributed by atoms with van der Waals surface area (Å²) in [5, 5.41) is 2.85. The standard InChI is InChI=1S/C22H23N3O3/c1-15-7-9-17(10-8-15)21(27)24-11-12-25-19(14-24)20(26)23-18(22(25)28)13-16-5-3-2-4-6-16/h2-10,18-19H,11-14H2,1H3,(H,23,26)/t18-,19+/m0/s1. The molecule has 0 saturated carbocycles. The van der Waals surface area contributed by atoms with Crippen molar-refractivity contribution in [2.75, 3.05) is 19.6 Å². The Balaban J connectivity index is 1.45. The number of aryl methyl sites for hydroxylation is 1. The summed E-state index contributed by atoms with van der Waals surface area (Å²) in [6, 6.07) is 15.9. The van der Waals surface area contributed by atoms with Gasteiger partial charge >= 0.3 is 0 Å². The molecule has 2 aromatic carbocycles. The number of hydrogen-bond donors (Lipinski definition) is 1. The van der Waals surface area contributed by atoms with Crippen molar-refractivity contribution in [2.45, 2.75) is 25.4 Å². The minimum absolute atomic E-state index is 0.0733. The lowest BCUT2D eigenvalue weighted by Gasteiger charge is -2.45. The Kier molecular flexibility index (Phi) is 4.86. The Morgan fingerprint density at radius 1 is 1.04 bits per heavy atom. The Hall–Kier alpha value is -3.15. The van der Waals surface area contributed by atoms with Gasteiger partial charge in [-0.05, 0) is 24.6 Å². The van der Waals surface area contributed by atoms with Crippen LogP contribution in [-0.2, 0) is 16.0 Å². The molecule has 0 aromatic heterocycles. The van der Waals surface area contributed by atoms with Crippen molar-refractivity contribution in [3.63, 3.8) is 0 Å². The lowest BCUT2D eigenvalue weighted by atomic mass is 9.98. The highest BCUT2D eigenvalue weighted by molar-refractivity contribution is 5.99. The third kappa shape index (κ3) is 3.50. The zero-order chi connectivity index (χ0) is 19.7. The van der Waals surface area contributed by atoms with Gasteiger partial charge in [-0.1, -0.05) is 48.0 Å². The molecule has 2 aliphatic rings. The molecule has 6 nitrogen and oxygen atoms in total. The number of carbonyl (C=O) groups excluding carboxylic acids is 3. The van der Waals surface area contributed by atoms with Crippen LogP contribution in [-0.4, -0.2) is 59.2 Å². The van der Waals surface area contributed by atoms with Gasteiger partial charge in [-0.2, -0.15) is 0 Å². The van der Waals surface area contributed by atoms with E-state index >= 15 is 0 Å². The lowest BCUT2D eigenvalue weighted by Crippen LogP contribution is -2.70. The topological polar surface area (TPSA) is 69.7 Å². The lowest BCUT2D eigenvalue weighted by molar-refractivity contribution is -0.152. The molecule has 0 radical (unpaired) electrons. The average molecular weight is 377 g/mol. The van der Waals surface area contributed by atoms with E-state index in [1.807, 2.05) is 49.4 Å². The fraction of sp³-hybridized carbons (Fsp3) is 0.318. The van der Waals surface area contributed by atoms with Crippen molar-refractivity contribution in [3.8, 4) is 0 Å². The largest absolute Gasteiger partial charge is 0.342 e. The minimum Gasteiger partial charge on any atom is -0.342 e. The molecule has 1 N–H and O–H groups in total. The maximum absolute atomic E-state index is 12.9. The summed E-state index contributed by atoms with van der Waals surface area (Å²) in [4.78, 5) is 41.6. The summed E-state index contributed by atoms with van der Waals surface area (Å²) in [7, 11) is 0. The average Bonchev–Trinajstić information content (AvgIpc) is 2.72. The Bertz CT molecular complexity index is 895. The van der Waals surface area contributed by atoms with Crippen LogP contribution in [0.5, 0.6) is 0 Å². The van der Waals surface area contributed by atoms with Crippen LogP contribution < -0.4 is 5.32 Å². The van der Waals surface area contributed by atoms with E-state index in [4.69, 9.17) is 0 Å². The predicted octanol–water partition coefficient (Wildman–Crippen LogP) is 1.39. The van der Waals surface area contributed by atoms with Crippen molar-refractivity contribution in [1.82, 2.24) is 15.1 Å². The van der Waals surface area contributed by atoms with Crippen LogP contribution in [0.15, 0.2) is 54.6 Å². The molecule has 2 heterocycles. The van der Waals surface area contributed by atoms with Gasteiger partial charge in [0.15, 0.2) is 0 Å². The molecule has 144 valence electrons. The van der Waals surface area contributed by atoms with Crippen LogP contribution >= 0.6 is 0 Å². The van der Waals surface area contributed by atoms with Crippen LogP contribution in [0.4, 0.5) is 0 Å². The molecule has 2 aliphatic heterocycles. The minimum atomic E-state index is -0.623. The van der Waals surface area contributed by atoms with Gasteiger partial charge in [-0.15, -0.1) is 0 Å². The maximum Gasteiger partial charge on any atom is 0.253 e. The molecule has 0 unspecified atom stereocenters. The molecule has 2 fully saturated rings. The molecule has 2 atom stereocenters. The SMILES string of the molecule is Cc1ccc(C(=O)N2CCN3C(=O)[C@H](Cc4ccccc4)NC(=O)[C@H]3C2)cc1. The van der Waals surface area contributed by atoms with E-state index < -0.39 is 12.1 Å². The molecule has 2 saturated heterocycles. The van der Waals surface area contributed by atoms with Gasteiger partial charge in [0.05, 0.1) is 6.54 Å². The number of benzene rings is 2. The smallest absolute Gasteiger partial charge is 0.253 e. The van der Waals surface area contributed by atoms with Gasteiger partial charge in [-0.3, -0.25) is 14.4 Å². The number of hydrogen-bond acceptors (Lipinski definition) is 3. The van der Waals surface area contributed by atoms with Crippen LogP contribution in [0, 0.1) is 6.92 Å². The molecule has 6 heteroatoms. The number of nitrogens with one attached hydrogen (secondary N) is 1. The summed E-state index contributed by atoms with van der Waals surface area (Å²) in [5.41, 5.74) is 2.69. The molecule has 28 heavy (non-hydrogen) atoms. The van der Waals surface area contributed by atoms with E-state index in [9.17, 15) is 14.4 Å². The van der Waals surface area contributed by atoms with Crippen LogP contribution in [0.1, 0.15) is 21.5 Å². The van der Waals surface area contributed by atoms with Gasteiger partial charge in [0.2, 0.25) is 11.8 Å². The molecule has 2 aromatic rings. The first-order valence-corrected chi connectivity index (χ1v) is 9.53. The highest BCUT2D eigenvalue weighted by atomic mass is 16.2. The highest BCUT2D eigenvalue weighted by Crippen LogP contribution is 2.20. The van der Waals surface area contributed by atoms with Crippen LogP contribution in [0.25, 0.3) is 0 Å². The van der Waals surface area contributed by atoms with Gasteiger partial charge in [0.25, 0.3) is 5.91 Å². The number of fused-ring (bicyclic) bond motifs is 1. The monoisotopic (exact) mass is 377 g/mol. The van der Waals surface area contributed by atoms with E-state index in [-0.39, 0.29) is 24.3 Å². The van der Waals surface area contributed by atoms with Crippen molar-refractivity contribution >= 4 is 17.7 Å². The summed E-state index contributed by atoms with van der Waals surface area (Å²) >= 11 is 0. The van der Waals surface area contributed by atoms with Crippen LogP contribution in [0.2, 0.25) is 0 Å². The maximum atomic E-state index is 12.9. The third-order valence-corrected chi connectivity index (χ3v) is 5.45. The normalized spacial score (nSPS) is 21.9. The number of nitrogens with zero attached hydrogens (tertiary/aromatic N) is 2. The zero-order valence-electron chi connectivity index (χ0n) is 15.8. The predicted molar refractivity (Wildman–Crippen MR) is 105 cm³/mol. The number of piperazine rings is 2.